The number of ether oxygens (including phenoxy) is 2. The smallest absolute Gasteiger partial charge is 0.122 e. The van der Waals surface area contributed by atoms with Crippen molar-refractivity contribution in [1.82, 2.24) is 5.32 Å². The van der Waals surface area contributed by atoms with E-state index in [4.69, 9.17) is 9.47 Å². The lowest BCUT2D eigenvalue weighted by Crippen LogP contribution is -2.23. The third-order valence-corrected chi connectivity index (χ3v) is 3.04. The summed E-state index contributed by atoms with van der Waals surface area (Å²) < 4.78 is 11.2. The minimum Gasteiger partial charge on any atom is -0.492 e. The highest BCUT2D eigenvalue weighted by Gasteiger charge is 2.00. The van der Waals surface area contributed by atoms with Crippen molar-refractivity contribution in [3.05, 3.63) is 29.3 Å². The summed E-state index contributed by atoms with van der Waals surface area (Å²) >= 11 is 0. The Morgan fingerprint density at radius 3 is 2.63 bits per heavy atom. The van der Waals surface area contributed by atoms with Crippen molar-refractivity contribution in [1.29, 1.82) is 0 Å². The van der Waals surface area contributed by atoms with Gasteiger partial charge < -0.3 is 14.8 Å². The predicted octanol–water partition coefficient (Wildman–Crippen LogP) is 3.09. The minimum absolute atomic E-state index is 0.327. The molecule has 0 atom stereocenters. The first-order valence-corrected chi connectivity index (χ1v) is 7.12. The number of benzene rings is 1. The van der Waals surface area contributed by atoms with Gasteiger partial charge in [0.25, 0.3) is 0 Å². The van der Waals surface area contributed by atoms with E-state index < -0.39 is 0 Å². The molecule has 0 amide bonds. The van der Waals surface area contributed by atoms with Crippen LogP contribution >= 0.6 is 0 Å². The van der Waals surface area contributed by atoms with E-state index in [1.165, 1.54) is 11.1 Å². The van der Waals surface area contributed by atoms with Gasteiger partial charge in [0, 0.05) is 13.2 Å². The Bertz CT molecular complexity index is 364. The van der Waals surface area contributed by atoms with Crippen molar-refractivity contribution in [2.75, 3.05) is 26.3 Å². The molecule has 0 aliphatic rings. The van der Waals surface area contributed by atoms with Crippen LogP contribution in [0.4, 0.5) is 0 Å². The lowest BCUT2D eigenvalue weighted by Gasteiger charge is -2.11. The highest BCUT2D eigenvalue weighted by atomic mass is 16.5. The van der Waals surface area contributed by atoms with Crippen LogP contribution in [0.3, 0.4) is 0 Å². The molecule has 0 heterocycles. The number of aryl methyl sites for hydroxylation is 1. The van der Waals surface area contributed by atoms with Crippen molar-refractivity contribution in [3.63, 3.8) is 0 Å². The quantitative estimate of drug-likeness (QED) is 0.696. The third kappa shape index (κ3) is 6.60. The molecular weight excluding hydrogens is 238 g/mol. The normalized spacial score (nSPS) is 11.0. The van der Waals surface area contributed by atoms with E-state index >= 15 is 0 Å². The van der Waals surface area contributed by atoms with Crippen LogP contribution in [-0.2, 0) is 4.74 Å². The summed E-state index contributed by atoms with van der Waals surface area (Å²) in [4.78, 5) is 0. The average Bonchev–Trinajstić information content (AvgIpc) is 2.37. The van der Waals surface area contributed by atoms with Gasteiger partial charge in [0.2, 0.25) is 0 Å². The van der Waals surface area contributed by atoms with Gasteiger partial charge in [0.1, 0.15) is 12.4 Å². The topological polar surface area (TPSA) is 30.5 Å². The zero-order valence-corrected chi connectivity index (χ0v) is 12.7. The second-order valence-corrected chi connectivity index (χ2v) is 5.07. The monoisotopic (exact) mass is 265 g/mol. The van der Waals surface area contributed by atoms with Gasteiger partial charge in [-0.15, -0.1) is 0 Å². The number of hydrogen-bond donors (Lipinski definition) is 1. The molecule has 108 valence electrons. The van der Waals surface area contributed by atoms with Crippen LogP contribution in [0, 0.1) is 13.8 Å². The van der Waals surface area contributed by atoms with E-state index in [-0.39, 0.29) is 0 Å². The van der Waals surface area contributed by atoms with Crippen LogP contribution in [0.15, 0.2) is 18.2 Å². The second kappa shape index (κ2) is 8.94. The molecule has 0 fully saturated rings. The lowest BCUT2D eigenvalue weighted by atomic mass is 10.1. The largest absolute Gasteiger partial charge is 0.492 e. The Balaban J connectivity index is 2.06. The van der Waals surface area contributed by atoms with Crippen molar-refractivity contribution < 1.29 is 9.47 Å². The molecule has 0 unspecified atom stereocenters. The van der Waals surface area contributed by atoms with E-state index in [1.807, 2.05) is 12.1 Å². The fourth-order valence-electron chi connectivity index (χ4n) is 1.75. The van der Waals surface area contributed by atoms with Gasteiger partial charge in [-0.2, -0.15) is 0 Å². The zero-order valence-electron chi connectivity index (χ0n) is 12.7. The van der Waals surface area contributed by atoms with E-state index in [1.54, 1.807) is 0 Å². The third-order valence-electron chi connectivity index (χ3n) is 3.04. The number of nitrogens with one attached hydrogen (secondary N) is 1. The summed E-state index contributed by atoms with van der Waals surface area (Å²) in [5.41, 5.74) is 2.50. The molecule has 1 N–H and O–H groups in total. The van der Waals surface area contributed by atoms with Crippen molar-refractivity contribution in [2.45, 2.75) is 40.2 Å². The molecular formula is C16H27NO2. The molecule has 19 heavy (non-hydrogen) atoms. The molecule has 3 nitrogen and oxygen atoms in total. The fraction of sp³-hybridized carbons (Fsp3) is 0.625. The molecule has 0 saturated carbocycles. The summed E-state index contributed by atoms with van der Waals surface area (Å²) in [6, 6.07) is 6.17. The van der Waals surface area contributed by atoms with Crippen LogP contribution in [0.2, 0.25) is 0 Å². The van der Waals surface area contributed by atoms with Gasteiger partial charge in [-0.1, -0.05) is 12.1 Å². The van der Waals surface area contributed by atoms with Gasteiger partial charge in [-0.25, -0.2) is 0 Å². The maximum atomic E-state index is 5.77. The number of rotatable bonds is 9. The minimum atomic E-state index is 0.327. The van der Waals surface area contributed by atoms with Crippen LogP contribution < -0.4 is 10.1 Å². The van der Waals surface area contributed by atoms with Gasteiger partial charge in [-0.05, 0) is 57.9 Å². The van der Waals surface area contributed by atoms with Crippen LogP contribution in [0.25, 0.3) is 0 Å². The molecule has 0 radical (unpaired) electrons. The molecule has 1 aromatic carbocycles. The van der Waals surface area contributed by atoms with Crippen molar-refractivity contribution in [2.24, 2.45) is 0 Å². The lowest BCUT2D eigenvalue weighted by molar-refractivity contribution is 0.0770. The van der Waals surface area contributed by atoms with Gasteiger partial charge in [0.05, 0.1) is 6.10 Å². The standard InChI is InChI=1S/C16H27NO2/c1-13(2)18-11-6-9-17-10-12-19-16-8-5-7-14(3)15(16)4/h5,7-8,13,17H,6,9-12H2,1-4H3. The maximum Gasteiger partial charge on any atom is 0.122 e. The summed E-state index contributed by atoms with van der Waals surface area (Å²) in [6.07, 6.45) is 1.37. The predicted molar refractivity (Wildman–Crippen MR) is 80.0 cm³/mol. The van der Waals surface area contributed by atoms with E-state index in [2.05, 4.69) is 39.1 Å². The van der Waals surface area contributed by atoms with Crippen LogP contribution in [0.1, 0.15) is 31.4 Å². The highest BCUT2D eigenvalue weighted by Crippen LogP contribution is 2.20. The van der Waals surface area contributed by atoms with Gasteiger partial charge in [-0.3, -0.25) is 0 Å². The first-order valence-electron chi connectivity index (χ1n) is 7.12. The molecule has 1 rings (SSSR count). The summed E-state index contributed by atoms with van der Waals surface area (Å²) in [6.45, 7) is 11.7. The first-order chi connectivity index (χ1) is 9.11. The Morgan fingerprint density at radius 2 is 1.89 bits per heavy atom. The first kappa shape index (κ1) is 16.0. The number of hydrogen-bond acceptors (Lipinski definition) is 3. The van der Waals surface area contributed by atoms with Gasteiger partial charge >= 0.3 is 0 Å². The van der Waals surface area contributed by atoms with E-state index in [0.29, 0.717) is 12.7 Å². The second-order valence-electron chi connectivity index (χ2n) is 5.07. The molecule has 1 aromatic rings. The molecule has 0 spiro atoms. The van der Waals surface area contributed by atoms with E-state index in [0.717, 1.165) is 31.9 Å². The SMILES string of the molecule is Cc1cccc(OCCNCCCOC(C)C)c1C. The Hall–Kier alpha value is -1.06. The molecule has 0 aromatic heterocycles. The Labute approximate surface area is 117 Å². The Kier molecular flexibility index (Phi) is 7.53. The van der Waals surface area contributed by atoms with Crippen molar-refractivity contribution in [3.8, 4) is 5.75 Å². The Morgan fingerprint density at radius 1 is 1.11 bits per heavy atom. The van der Waals surface area contributed by atoms with Gasteiger partial charge in [0.15, 0.2) is 0 Å². The molecule has 3 heteroatoms. The molecule has 0 saturated heterocycles. The molecule has 0 bridgehead atoms. The maximum absolute atomic E-state index is 5.77. The average molecular weight is 265 g/mol. The summed E-state index contributed by atoms with van der Waals surface area (Å²) in [5.74, 6) is 0.991. The van der Waals surface area contributed by atoms with Crippen molar-refractivity contribution >= 4 is 0 Å². The van der Waals surface area contributed by atoms with Crippen LogP contribution in [-0.4, -0.2) is 32.4 Å². The highest BCUT2D eigenvalue weighted by molar-refractivity contribution is 5.38. The van der Waals surface area contributed by atoms with E-state index in [9.17, 15) is 0 Å². The zero-order chi connectivity index (χ0) is 14.1. The summed E-state index contributed by atoms with van der Waals surface area (Å²) in [5, 5.41) is 3.36. The summed E-state index contributed by atoms with van der Waals surface area (Å²) in [7, 11) is 0. The molecule has 0 aliphatic carbocycles. The van der Waals surface area contributed by atoms with Crippen LogP contribution in [0.5, 0.6) is 5.75 Å². The molecule has 0 aliphatic heterocycles. The fourth-order valence-corrected chi connectivity index (χ4v) is 1.75.